The van der Waals surface area contributed by atoms with Crippen molar-refractivity contribution >= 4 is 15.8 Å². The maximum atomic E-state index is 13.2. The van der Waals surface area contributed by atoms with Crippen molar-refractivity contribution in [1.82, 2.24) is 0 Å². The van der Waals surface area contributed by atoms with E-state index in [4.69, 9.17) is 0 Å². The van der Waals surface area contributed by atoms with Gasteiger partial charge in [0.25, 0.3) is 0 Å². The van der Waals surface area contributed by atoms with Crippen LogP contribution in [0.2, 0.25) is 0 Å². The first-order chi connectivity index (χ1) is 10.2. The molecule has 1 aromatic rings. The van der Waals surface area contributed by atoms with Gasteiger partial charge in [-0.25, -0.2) is 17.2 Å². The van der Waals surface area contributed by atoms with Crippen molar-refractivity contribution in [3.63, 3.8) is 0 Å². The summed E-state index contributed by atoms with van der Waals surface area (Å²) in [5.74, 6) is -2.29. The molecule has 4 nitrogen and oxygen atoms in total. The minimum atomic E-state index is -3.35. The lowest BCUT2D eigenvalue weighted by Crippen LogP contribution is -2.15. The van der Waals surface area contributed by atoms with Crippen LogP contribution in [0.3, 0.4) is 0 Å². The Morgan fingerprint density at radius 3 is 2.14 bits per heavy atom. The predicted octanol–water partition coefficient (Wildman–Crippen LogP) is 2.73. The third-order valence-corrected chi connectivity index (χ3v) is 5.22. The Balaban J connectivity index is 2.17. The van der Waals surface area contributed by atoms with Crippen LogP contribution in [0, 0.1) is 5.92 Å². The van der Waals surface area contributed by atoms with Crippen LogP contribution in [0.25, 0.3) is 0 Å². The van der Waals surface area contributed by atoms with Crippen LogP contribution in [0.1, 0.15) is 30.7 Å². The van der Waals surface area contributed by atoms with E-state index in [2.05, 4.69) is 0 Å². The molecule has 7 heteroatoms. The third-order valence-electron chi connectivity index (χ3n) is 4.09. The summed E-state index contributed by atoms with van der Waals surface area (Å²) < 4.78 is 49.2. The second-order valence-electron chi connectivity index (χ2n) is 5.84. The summed E-state index contributed by atoms with van der Waals surface area (Å²) >= 11 is 0. The van der Waals surface area contributed by atoms with Gasteiger partial charge < -0.3 is 5.11 Å². The fraction of sp³-hybridized carbons (Fsp3) is 0.533. The molecule has 2 rings (SSSR count). The Morgan fingerprint density at radius 2 is 1.73 bits per heavy atom. The Kier molecular flexibility index (Phi) is 4.84. The Bertz CT molecular complexity index is 632. The van der Waals surface area contributed by atoms with Crippen molar-refractivity contribution in [2.75, 3.05) is 6.26 Å². The van der Waals surface area contributed by atoms with E-state index in [1.807, 2.05) is 0 Å². The third kappa shape index (κ3) is 3.82. The lowest BCUT2D eigenvalue weighted by Gasteiger charge is -2.17. The van der Waals surface area contributed by atoms with Gasteiger partial charge in [-0.1, -0.05) is 12.1 Å². The number of hydrogen-bond donors (Lipinski definition) is 1. The minimum absolute atomic E-state index is 0.0341. The van der Waals surface area contributed by atoms with E-state index < -0.39 is 34.1 Å². The SMILES string of the molecule is CS(=O)(=O)c1ccc(C(CC2C[C@@H](F)[C@@H](F)C2)C(=O)O)cc1. The van der Waals surface area contributed by atoms with E-state index in [0.717, 1.165) is 6.26 Å². The fourth-order valence-electron chi connectivity index (χ4n) is 2.88. The first-order valence-corrected chi connectivity index (χ1v) is 8.88. The van der Waals surface area contributed by atoms with E-state index in [0.29, 0.717) is 5.56 Å². The zero-order valence-corrected chi connectivity index (χ0v) is 12.9. The van der Waals surface area contributed by atoms with Crippen molar-refractivity contribution < 1.29 is 27.1 Å². The highest BCUT2D eigenvalue weighted by Crippen LogP contribution is 2.37. The minimum Gasteiger partial charge on any atom is -0.481 e. The first-order valence-electron chi connectivity index (χ1n) is 6.99. The van der Waals surface area contributed by atoms with Gasteiger partial charge >= 0.3 is 5.97 Å². The molecule has 22 heavy (non-hydrogen) atoms. The molecule has 1 saturated carbocycles. The van der Waals surface area contributed by atoms with Gasteiger partial charge in [-0.05, 0) is 42.9 Å². The molecule has 1 aromatic carbocycles. The first kappa shape index (κ1) is 16.9. The molecule has 1 aliphatic rings. The summed E-state index contributed by atoms with van der Waals surface area (Å²) in [4.78, 5) is 11.5. The number of carbonyl (C=O) groups is 1. The van der Waals surface area contributed by atoms with Gasteiger partial charge in [-0.3, -0.25) is 4.79 Å². The summed E-state index contributed by atoms with van der Waals surface area (Å²) in [6.07, 6.45) is -1.76. The molecule has 0 amide bonds. The van der Waals surface area contributed by atoms with Crippen molar-refractivity contribution in [3.8, 4) is 0 Å². The number of carboxylic acids is 1. The van der Waals surface area contributed by atoms with Crippen molar-refractivity contribution in [1.29, 1.82) is 0 Å². The van der Waals surface area contributed by atoms with Crippen molar-refractivity contribution in [2.24, 2.45) is 5.92 Å². The average molecular weight is 332 g/mol. The van der Waals surface area contributed by atoms with E-state index in [9.17, 15) is 27.1 Å². The summed E-state index contributed by atoms with van der Waals surface area (Å²) in [6.45, 7) is 0. The standard InChI is InChI=1S/C15H18F2O4S/c1-22(20,21)11-4-2-10(3-5-11)12(15(18)19)6-9-7-13(16)14(17)8-9/h2-5,9,12-14H,6-8H2,1H3,(H,18,19)/t9?,12?,13-,14+. The Hall–Kier alpha value is -1.50. The molecule has 2 unspecified atom stereocenters. The highest BCUT2D eigenvalue weighted by Gasteiger charge is 2.37. The Morgan fingerprint density at radius 1 is 1.23 bits per heavy atom. The summed E-state index contributed by atoms with van der Waals surface area (Å²) in [5, 5.41) is 9.34. The second kappa shape index (κ2) is 6.32. The van der Waals surface area contributed by atoms with Crippen molar-refractivity contribution in [2.45, 2.75) is 42.4 Å². The zero-order chi connectivity index (χ0) is 16.5. The molecule has 0 bridgehead atoms. The monoisotopic (exact) mass is 332 g/mol. The van der Waals surface area contributed by atoms with Crippen molar-refractivity contribution in [3.05, 3.63) is 29.8 Å². The lowest BCUT2D eigenvalue weighted by atomic mass is 9.88. The maximum absolute atomic E-state index is 13.2. The number of alkyl halides is 2. The van der Waals surface area contributed by atoms with E-state index in [1.54, 1.807) is 0 Å². The summed E-state index contributed by atoms with van der Waals surface area (Å²) in [6, 6.07) is 5.60. The fourth-order valence-corrected chi connectivity index (χ4v) is 3.51. The van der Waals surface area contributed by atoms with Crippen LogP contribution in [-0.4, -0.2) is 38.1 Å². The molecule has 1 aliphatic carbocycles. The van der Waals surface area contributed by atoms with Crippen LogP contribution in [0.5, 0.6) is 0 Å². The van der Waals surface area contributed by atoms with Gasteiger partial charge in [-0.15, -0.1) is 0 Å². The highest BCUT2D eigenvalue weighted by molar-refractivity contribution is 7.90. The zero-order valence-electron chi connectivity index (χ0n) is 12.1. The summed E-state index contributed by atoms with van der Waals surface area (Å²) in [5.41, 5.74) is 0.442. The highest BCUT2D eigenvalue weighted by atomic mass is 32.2. The van der Waals surface area contributed by atoms with Gasteiger partial charge in [0.05, 0.1) is 10.8 Å². The van der Waals surface area contributed by atoms with Crippen LogP contribution in [-0.2, 0) is 14.6 Å². The van der Waals surface area contributed by atoms with Crippen LogP contribution in [0.15, 0.2) is 29.2 Å². The number of carboxylic acid groups (broad SMARTS) is 1. The molecule has 4 atom stereocenters. The molecular formula is C15H18F2O4S. The normalized spacial score (nSPS) is 26.8. The molecule has 0 aromatic heterocycles. The molecule has 0 aliphatic heterocycles. The molecule has 0 spiro atoms. The molecule has 0 heterocycles. The van der Waals surface area contributed by atoms with Gasteiger partial charge in [0, 0.05) is 6.26 Å². The molecule has 122 valence electrons. The molecule has 0 saturated heterocycles. The van der Waals surface area contributed by atoms with E-state index >= 15 is 0 Å². The van der Waals surface area contributed by atoms with Gasteiger partial charge in [0.2, 0.25) is 0 Å². The lowest BCUT2D eigenvalue weighted by molar-refractivity contribution is -0.139. The van der Waals surface area contributed by atoms with Crippen LogP contribution in [0.4, 0.5) is 8.78 Å². The average Bonchev–Trinajstić information content (AvgIpc) is 2.74. The van der Waals surface area contributed by atoms with Crippen LogP contribution < -0.4 is 0 Å². The topological polar surface area (TPSA) is 71.4 Å². The number of rotatable bonds is 5. The Labute approximate surface area is 128 Å². The molecule has 1 fully saturated rings. The maximum Gasteiger partial charge on any atom is 0.310 e. The number of hydrogen-bond acceptors (Lipinski definition) is 3. The molecule has 0 radical (unpaired) electrons. The smallest absolute Gasteiger partial charge is 0.310 e. The number of aliphatic carboxylic acids is 1. The molecular weight excluding hydrogens is 314 g/mol. The second-order valence-corrected chi connectivity index (χ2v) is 7.85. The van der Waals surface area contributed by atoms with Gasteiger partial charge in [0.1, 0.15) is 12.3 Å². The largest absolute Gasteiger partial charge is 0.481 e. The summed E-state index contributed by atoms with van der Waals surface area (Å²) in [7, 11) is -3.35. The number of benzene rings is 1. The van der Waals surface area contributed by atoms with Crippen LogP contribution >= 0.6 is 0 Å². The van der Waals surface area contributed by atoms with E-state index in [1.165, 1.54) is 24.3 Å². The number of sulfone groups is 1. The van der Waals surface area contributed by atoms with Gasteiger partial charge in [0.15, 0.2) is 9.84 Å². The quantitative estimate of drug-likeness (QED) is 0.900. The van der Waals surface area contributed by atoms with Gasteiger partial charge in [-0.2, -0.15) is 0 Å². The van der Waals surface area contributed by atoms with E-state index in [-0.39, 0.29) is 30.1 Å². The predicted molar refractivity (Wildman–Crippen MR) is 77.1 cm³/mol. The molecule has 1 N–H and O–H groups in total. The number of halogens is 2.